The van der Waals surface area contributed by atoms with Gasteiger partial charge in [0.05, 0.1) is 19.4 Å². The largest absolute Gasteiger partial charge is 0.481 e. The molecule has 0 aliphatic carbocycles. The summed E-state index contributed by atoms with van der Waals surface area (Å²) < 4.78 is 4.91. The van der Waals surface area contributed by atoms with E-state index in [2.05, 4.69) is 0 Å². The maximum Gasteiger partial charge on any atom is 0.409 e. The van der Waals surface area contributed by atoms with Crippen molar-refractivity contribution in [3.63, 3.8) is 0 Å². The van der Waals surface area contributed by atoms with Crippen molar-refractivity contribution in [2.45, 2.75) is 32.6 Å². The molecule has 0 spiro atoms. The number of rotatable bonds is 9. The second-order valence-electron chi connectivity index (χ2n) is 3.74. The van der Waals surface area contributed by atoms with E-state index in [-0.39, 0.29) is 32.5 Å². The van der Waals surface area contributed by atoms with Crippen LogP contribution in [0.4, 0.5) is 4.79 Å². The van der Waals surface area contributed by atoms with Crippen LogP contribution in [0.25, 0.3) is 0 Å². The number of aliphatic carboxylic acids is 2. The average molecular weight is 261 g/mol. The van der Waals surface area contributed by atoms with E-state index in [1.54, 1.807) is 0 Å². The molecule has 7 nitrogen and oxygen atoms in total. The maximum atomic E-state index is 11.6. The fourth-order valence-electron chi connectivity index (χ4n) is 1.15. The molecule has 1 amide bonds. The van der Waals surface area contributed by atoms with Gasteiger partial charge in [0.1, 0.15) is 0 Å². The SMILES string of the molecule is CCCCOC(=O)N(CCC(=O)O)CCC(=O)O. The summed E-state index contributed by atoms with van der Waals surface area (Å²) in [6, 6.07) is 0. The molecule has 0 aromatic carbocycles. The zero-order valence-electron chi connectivity index (χ0n) is 10.4. The summed E-state index contributed by atoms with van der Waals surface area (Å²) in [5, 5.41) is 17.1. The third-order valence-corrected chi connectivity index (χ3v) is 2.17. The minimum absolute atomic E-state index is 0.0480. The highest BCUT2D eigenvalue weighted by atomic mass is 16.6. The minimum Gasteiger partial charge on any atom is -0.481 e. The lowest BCUT2D eigenvalue weighted by Crippen LogP contribution is -2.35. The number of nitrogens with zero attached hydrogens (tertiary/aromatic N) is 1. The van der Waals surface area contributed by atoms with Crippen molar-refractivity contribution in [2.24, 2.45) is 0 Å². The minimum atomic E-state index is -1.04. The predicted molar refractivity (Wildman–Crippen MR) is 62.3 cm³/mol. The second-order valence-corrected chi connectivity index (χ2v) is 3.74. The van der Waals surface area contributed by atoms with Crippen molar-refractivity contribution < 1.29 is 29.3 Å². The molecule has 0 aromatic rings. The van der Waals surface area contributed by atoms with Gasteiger partial charge in [-0.05, 0) is 6.42 Å². The van der Waals surface area contributed by atoms with Crippen LogP contribution in [-0.2, 0) is 14.3 Å². The molecule has 0 fully saturated rings. The van der Waals surface area contributed by atoms with Crippen molar-refractivity contribution in [1.29, 1.82) is 0 Å². The zero-order chi connectivity index (χ0) is 14.0. The fourth-order valence-corrected chi connectivity index (χ4v) is 1.15. The molecule has 0 aliphatic heterocycles. The molecule has 0 saturated heterocycles. The van der Waals surface area contributed by atoms with Gasteiger partial charge in [-0.25, -0.2) is 4.79 Å². The molecule has 7 heteroatoms. The first-order chi connectivity index (χ1) is 8.47. The molecular weight excluding hydrogens is 242 g/mol. The first-order valence-corrected chi connectivity index (χ1v) is 5.82. The highest BCUT2D eigenvalue weighted by Gasteiger charge is 2.17. The smallest absolute Gasteiger partial charge is 0.409 e. The van der Waals surface area contributed by atoms with E-state index in [1.807, 2.05) is 6.92 Å². The Hall–Kier alpha value is -1.79. The normalized spacial score (nSPS) is 9.83. The van der Waals surface area contributed by atoms with Crippen LogP contribution in [0, 0.1) is 0 Å². The Balaban J connectivity index is 4.19. The van der Waals surface area contributed by atoms with Crippen LogP contribution in [0.5, 0.6) is 0 Å². The van der Waals surface area contributed by atoms with E-state index in [4.69, 9.17) is 14.9 Å². The topological polar surface area (TPSA) is 104 Å². The Labute approximate surface area is 105 Å². The fraction of sp³-hybridized carbons (Fsp3) is 0.727. The number of hydrogen-bond acceptors (Lipinski definition) is 4. The predicted octanol–water partition coefficient (Wildman–Crippen LogP) is 1.17. The molecular formula is C11H19NO6. The Morgan fingerprint density at radius 1 is 1.06 bits per heavy atom. The Kier molecular flexibility index (Phi) is 8.34. The molecule has 0 bridgehead atoms. The van der Waals surface area contributed by atoms with Crippen molar-refractivity contribution in [1.82, 2.24) is 4.90 Å². The Morgan fingerprint density at radius 3 is 1.94 bits per heavy atom. The van der Waals surface area contributed by atoms with Crippen molar-refractivity contribution in [3.05, 3.63) is 0 Å². The number of carboxylic acid groups (broad SMARTS) is 2. The van der Waals surface area contributed by atoms with E-state index in [0.717, 1.165) is 17.7 Å². The molecule has 0 radical (unpaired) electrons. The summed E-state index contributed by atoms with van der Waals surface area (Å²) in [6.07, 6.45) is 0.464. The first kappa shape index (κ1) is 16.2. The number of carboxylic acids is 2. The van der Waals surface area contributed by atoms with Gasteiger partial charge in [0.25, 0.3) is 0 Å². The van der Waals surface area contributed by atoms with Gasteiger partial charge in [-0.2, -0.15) is 0 Å². The summed E-state index contributed by atoms with van der Waals surface area (Å²) in [5.41, 5.74) is 0. The van der Waals surface area contributed by atoms with Crippen LogP contribution >= 0.6 is 0 Å². The van der Waals surface area contributed by atoms with Crippen molar-refractivity contribution >= 4 is 18.0 Å². The number of carbonyl (C=O) groups is 3. The third kappa shape index (κ3) is 8.37. The summed E-state index contributed by atoms with van der Waals surface area (Å²) in [4.78, 5) is 33.5. The van der Waals surface area contributed by atoms with Gasteiger partial charge < -0.3 is 19.8 Å². The molecule has 104 valence electrons. The number of amides is 1. The second kappa shape index (κ2) is 9.26. The van der Waals surface area contributed by atoms with Gasteiger partial charge in [-0.3, -0.25) is 9.59 Å². The number of hydrogen-bond donors (Lipinski definition) is 2. The van der Waals surface area contributed by atoms with E-state index in [0.29, 0.717) is 0 Å². The highest BCUT2D eigenvalue weighted by Crippen LogP contribution is 2.00. The van der Waals surface area contributed by atoms with Gasteiger partial charge in [-0.1, -0.05) is 13.3 Å². The average Bonchev–Trinajstić information content (AvgIpc) is 2.28. The van der Waals surface area contributed by atoms with Crippen molar-refractivity contribution in [3.8, 4) is 0 Å². The van der Waals surface area contributed by atoms with E-state index < -0.39 is 18.0 Å². The third-order valence-electron chi connectivity index (χ3n) is 2.17. The Bertz CT molecular complexity index is 273. The van der Waals surface area contributed by atoms with E-state index >= 15 is 0 Å². The summed E-state index contributed by atoms with van der Waals surface area (Å²) >= 11 is 0. The number of carbonyl (C=O) groups excluding carboxylic acids is 1. The monoisotopic (exact) mass is 261 g/mol. The molecule has 0 saturated carbocycles. The van der Waals surface area contributed by atoms with E-state index in [1.165, 1.54) is 0 Å². The number of unbranched alkanes of at least 4 members (excludes halogenated alkanes) is 1. The van der Waals surface area contributed by atoms with E-state index in [9.17, 15) is 14.4 Å². The molecule has 0 atom stereocenters. The molecule has 18 heavy (non-hydrogen) atoms. The highest BCUT2D eigenvalue weighted by molar-refractivity contribution is 5.72. The maximum absolute atomic E-state index is 11.6. The summed E-state index contributed by atoms with van der Waals surface area (Å²) in [7, 11) is 0. The van der Waals surface area contributed by atoms with Gasteiger partial charge in [0.2, 0.25) is 0 Å². The zero-order valence-corrected chi connectivity index (χ0v) is 10.4. The van der Waals surface area contributed by atoms with Crippen LogP contribution in [0.15, 0.2) is 0 Å². The molecule has 0 aliphatic rings. The molecule has 0 heterocycles. The van der Waals surface area contributed by atoms with Gasteiger partial charge in [0, 0.05) is 13.1 Å². The van der Waals surface area contributed by atoms with Gasteiger partial charge >= 0.3 is 18.0 Å². The first-order valence-electron chi connectivity index (χ1n) is 5.82. The molecule has 0 unspecified atom stereocenters. The Morgan fingerprint density at radius 2 is 1.56 bits per heavy atom. The summed E-state index contributed by atoms with van der Waals surface area (Å²) in [5.74, 6) is -2.09. The molecule has 0 rings (SSSR count). The quantitative estimate of drug-likeness (QED) is 0.604. The van der Waals surface area contributed by atoms with Gasteiger partial charge in [0.15, 0.2) is 0 Å². The lowest BCUT2D eigenvalue weighted by molar-refractivity contribution is -0.137. The van der Waals surface area contributed by atoms with Crippen LogP contribution < -0.4 is 0 Å². The van der Waals surface area contributed by atoms with Crippen LogP contribution in [0.1, 0.15) is 32.6 Å². The van der Waals surface area contributed by atoms with Gasteiger partial charge in [-0.15, -0.1) is 0 Å². The number of ether oxygens (including phenoxy) is 1. The van der Waals surface area contributed by atoms with Crippen LogP contribution in [0.2, 0.25) is 0 Å². The standard InChI is InChI=1S/C11H19NO6/c1-2-3-8-18-11(17)12(6-4-9(13)14)7-5-10(15)16/h2-8H2,1H3,(H,13,14)(H,15,16). The van der Waals surface area contributed by atoms with Crippen LogP contribution in [0.3, 0.4) is 0 Å². The van der Waals surface area contributed by atoms with Crippen LogP contribution in [-0.4, -0.2) is 52.8 Å². The summed E-state index contributed by atoms with van der Waals surface area (Å²) in [6.45, 7) is 2.10. The molecule has 2 N–H and O–H groups in total. The molecule has 0 aromatic heterocycles. The van der Waals surface area contributed by atoms with Crippen molar-refractivity contribution in [2.75, 3.05) is 19.7 Å². The lowest BCUT2D eigenvalue weighted by atomic mass is 10.3. The lowest BCUT2D eigenvalue weighted by Gasteiger charge is -2.20.